The highest BCUT2D eigenvalue weighted by atomic mass is 16.5. The average molecular weight is 152 g/mol. The molecule has 11 heavy (non-hydrogen) atoms. The summed E-state index contributed by atoms with van der Waals surface area (Å²) < 4.78 is 4.75. The molecule has 1 aromatic rings. The van der Waals surface area contributed by atoms with Gasteiger partial charge in [-0.25, -0.2) is 0 Å². The van der Waals surface area contributed by atoms with Gasteiger partial charge in [0.1, 0.15) is 5.75 Å². The van der Waals surface area contributed by atoms with Crippen LogP contribution in [-0.4, -0.2) is 18.1 Å². The molecule has 0 saturated carbocycles. The first-order chi connectivity index (χ1) is 5.24. The van der Waals surface area contributed by atoms with Crippen LogP contribution < -0.4 is 9.84 Å². The number of ether oxygens (including phenoxy) is 1. The Balaban J connectivity index is 3.01. The minimum absolute atomic E-state index is 0.0179. The Bertz CT molecular complexity index is 272. The predicted octanol–water partition coefficient (Wildman–Crippen LogP) is -0.546. The summed E-state index contributed by atoms with van der Waals surface area (Å²) in [4.78, 5) is 13.9. The van der Waals surface area contributed by atoms with Crippen LogP contribution in [0, 0.1) is 0 Å². The van der Waals surface area contributed by atoms with Crippen LogP contribution in [0.5, 0.6) is 5.75 Å². The minimum atomic E-state index is -1.25. The first-order valence-corrected chi connectivity index (χ1v) is 2.94. The Morgan fingerprint density at radius 2 is 2.36 bits per heavy atom. The lowest BCUT2D eigenvalue weighted by Crippen LogP contribution is -2.22. The Morgan fingerprint density at radius 3 is 2.91 bits per heavy atom. The molecule has 0 fully saturated rings. The highest BCUT2D eigenvalue weighted by Crippen LogP contribution is 2.08. The van der Waals surface area contributed by atoms with Gasteiger partial charge in [0.25, 0.3) is 0 Å². The summed E-state index contributed by atoms with van der Waals surface area (Å²) in [6, 6.07) is 1.35. The highest BCUT2D eigenvalue weighted by molar-refractivity contribution is 5.85. The number of carboxylic acids is 1. The summed E-state index contributed by atoms with van der Waals surface area (Å²) in [5.41, 5.74) is 0.0179. The van der Waals surface area contributed by atoms with E-state index in [1.54, 1.807) is 0 Å². The molecule has 0 radical (unpaired) electrons. The third-order valence-corrected chi connectivity index (χ3v) is 1.18. The van der Waals surface area contributed by atoms with E-state index in [1.165, 1.54) is 25.6 Å². The van der Waals surface area contributed by atoms with Crippen LogP contribution in [0.25, 0.3) is 0 Å². The standard InChI is InChI=1S/C7H7NO3/c1-11-6-2-5(7(9)10)3-8-4-6/h2-4H,1H3,(H,9,10)/p-1. The van der Waals surface area contributed by atoms with Crippen LogP contribution in [0.15, 0.2) is 18.5 Å². The van der Waals surface area contributed by atoms with Crippen molar-refractivity contribution in [3.05, 3.63) is 24.0 Å². The molecule has 0 aliphatic carbocycles. The lowest BCUT2D eigenvalue weighted by atomic mass is 10.3. The van der Waals surface area contributed by atoms with Crippen molar-refractivity contribution in [2.75, 3.05) is 7.11 Å². The zero-order chi connectivity index (χ0) is 8.27. The van der Waals surface area contributed by atoms with E-state index in [-0.39, 0.29) is 5.56 Å². The average Bonchev–Trinajstić information content (AvgIpc) is 2.05. The normalized spacial score (nSPS) is 9.18. The Hall–Kier alpha value is -1.58. The number of aromatic nitrogens is 1. The second kappa shape index (κ2) is 3.01. The zero-order valence-corrected chi connectivity index (χ0v) is 5.90. The monoisotopic (exact) mass is 152 g/mol. The molecule has 4 heteroatoms. The molecule has 0 aliphatic rings. The molecular weight excluding hydrogens is 146 g/mol. The largest absolute Gasteiger partial charge is 0.545 e. The van der Waals surface area contributed by atoms with E-state index < -0.39 is 5.97 Å². The third kappa shape index (κ3) is 1.67. The van der Waals surface area contributed by atoms with Gasteiger partial charge in [-0.1, -0.05) is 0 Å². The fourth-order valence-corrected chi connectivity index (χ4v) is 0.642. The van der Waals surface area contributed by atoms with Gasteiger partial charge >= 0.3 is 0 Å². The molecular formula is C7H6NO3-. The van der Waals surface area contributed by atoms with E-state index >= 15 is 0 Å². The van der Waals surface area contributed by atoms with Crippen molar-refractivity contribution in [1.82, 2.24) is 4.98 Å². The van der Waals surface area contributed by atoms with Gasteiger partial charge in [0, 0.05) is 11.8 Å². The van der Waals surface area contributed by atoms with Crippen LogP contribution in [0.3, 0.4) is 0 Å². The second-order valence-electron chi connectivity index (χ2n) is 1.90. The molecule has 0 aliphatic heterocycles. The molecule has 58 valence electrons. The summed E-state index contributed by atoms with van der Waals surface area (Å²) in [5.74, 6) is -0.844. The topological polar surface area (TPSA) is 62.2 Å². The number of aromatic carboxylic acids is 1. The van der Waals surface area contributed by atoms with E-state index in [0.29, 0.717) is 5.75 Å². The smallest absolute Gasteiger partial charge is 0.137 e. The highest BCUT2D eigenvalue weighted by Gasteiger charge is 1.95. The van der Waals surface area contributed by atoms with E-state index in [9.17, 15) is 9.90 Å². The van der Waals surface area contributed by atoms with Gasteiger partial charge in [0.2, 0.25) is 0 Å². The van der Waals surface area contributed by atoms with Crippen molar-refractivity contribution in [1.29, 1.82) is 0 Å². The SMILES string of the molecule is COc1cncc(C(=O)[O-])c1. The molecule has 1 heterocycles. The van der Waals surface area contributed by atoms with Crippen LogP contribution >= 0.6 is 0 Å². The number of carboxylic acid groups (broad SMARTS) is 1. The van der Waals surface area contributed by atoms with Gasteiger partial charge in [0.15, 0.2) is 0 Å². The maximum Gasteiger partial charge on any atom is 0.137 e. The van der Waals surface area contributed by atoms with E-state index in [1.807, 2.05) is 0 Å². The quantitative estimate of drug-likeness (QED) is 0.570. The van der Waals surface area contributed by atoms with Crippen molar-refractivity contribution in [2.45, 2.75) is 0 Å². The number of hydrogen-bond acceptors (Lipinski definition) is 4. The zero-order valence-electron chi connectivity index (χ0n) is 5.90. The van der Waals surface area contributed by atoms with Gasteiger partial charge < -0.3 is 14.6 Å². The molecule has 1 rings (SSSR count). The molecule has 1 aromatic heterocycles. The lowest BCUT2D eigenvalue weighted by molar-refractivity contribution is -0.255. The molecule has 4 nitrogen and oxygen atoms in total. The minimum Gasteiger partial charge on any atom is -0.545 e. The van der Waals surface area contributed by atoms with E-state index in [4.69, 9.17) is 4.74 Å². The Morgan fingerprint density at radius 1 is 1.64 bits per heavy atom. The summed E-state index contributed by atoms with van der Waals surface area (Å²) in [5, 5.41) is 10.3. The molecule has 0 spiro atoms. The number of pyridine rings is 1. The first-order valence-electron chi connectivity index (χ1n) is 2.94. The van der Waals surface area contributed by atoms with Crippen molar-refractivity contribution < 1.29 is 14.6 Å². The summed E-state index contributed by atoms with van der Waals surface area (Å²) >= 11 is 0. The van der Waals surface area contributed by atoms with Crippen LogP contribution in [0.1, 0.15) is 10.4 Å². The van der Waals surface area contributed by atoms with Crippen molar-refractivity contribution in [2.24, 2.45) is 0 Å². The Kier molecular flexibility index (Phi) is 2.06. The number of carbonyl (C=O) groups excluding carboxylic acids is 1. The molecule has 0 atom stereocenters. The molecule has 0 unspecified atom stereocenters. The maximum absolute atomic E-state index is 10.3. The number of rotatable bonds is 2. The number of carbonyl (C=O) groups is 1. The molecule has 0 bridgehead atoms. The lowest BCUT2D eigenvalue weighted by Gasteiger charge is -2.02. The number of hydrogen-bond donors (Lipinski definition) is 0. The van der Waals surface area contributed by atoms with Crippen molar-refractivity contribution >= 4 is 5.97 Å². The Labute approximate surface area is 63.5 Å². The predicted molar refractivity (Wildman–Crippen MR) is 35.1 cm³/mol. The van der Waals surface area contributed by atoms with Crippen LogP contribution in [0.2, 0.25) is 0 Å². The first kappa shape index (κ1) is 7.53. The van der Waals surface area contributed by atoms with Crippen LogP contribution in [-0.2, 0) is 0 Å². The fourth-order valence-electron chi connectivity index (χ4n) is 0.642. The number of nitrogens with zero attached hydrogens (tertiary/aromatic N) is 1. The molecule has 0 amide bonds. The molecule has 0 aromatic carbocycles. The van der Waals surface area contributed by atoms with Gasteiger partial charge in [-0.15, -0.1) is 0 Å². The van der Waals surface area contributed by atoms with Crippen LogP contribution in [0.4, 0.5) is 0 Å². The molecule has 0 N–H and O–H groups in total. The second-order valence-corrected chi connectivity index (χ2v) is 1.90. The number of methoxy groups -OCH3 is 1. The maximum atomic E-state index is 10.3. The van der Waals surface area contributed by atoms with E-state index in [2.05, 4.69) is 4.98 Å². The summed E-state index contributed by atoms with van der Waals surface area (Å²) in [7, 11) is 1.44. The van der Waals surface area contributed by atoms with Gasteiger partial charge in [-0.3, -0.25) is 4.98 Å². The van der Waals surface area contributed by atoms with Crippen molar-refractivity contribution in [3.63, 3.8) is 0 Å². The van der Waals surface area contributed by atoms with Gasteiger partial charge in [-0.2, -0.15) is 0 Å². The summed E-state index contributed by atoms with van der Waals surface area (Å²) in [6.07, 6.45) is 2.63. The summed E-state index contributed by atoms with van der Waals surface area (Å²) in [6.45, 7) is 0. The van der Waals surface area contributed by atoms with Gasteiger partial charge in [-0.05, 0) is 6.07 Å². The molecule has 0 saturated heterocycles. The van der Waals surface area contributed by atoms with E-state index in [0.717, 1.165) is 0 Å². The fraction of sp³-hybridized carbons (Fsp3) is 0.143. The van der Waals surface area contributed by atoms with Crippen molar-refractivity contribution in [3.8, 4) is 5.75 Å². The third-order valence-electron chi connectivity index (χ3n) is 1.18. The van der Waals surface area contributed by atoms with Gasteiger partial charge in [0.05, 0.1) is 19.3 Å².